The lowest BCUT2D eigenvalue weighted by molar-refractivity contribution is -0.115. The van der Waals surface area contributed by atoms with E-state index in [-0.39, 0.29) is 28.8 Å². The number of nitrogens with one attached hydrogen (secondary N) is 3. The lowest BCUT2D eigenvalue weighted by Gasteiger charge is -2.14. The van der Waals surface area contributed by atoms with Gasteiger partial charge in [-0.3, -0.25) is 19.3 Å². The standard InChI is InChI=1S/C24H24N6O5S/c1-5-21(31)25-11-17-12-26-30(14-17)13-16-9-15(2)22-18(10-16)27-28-24(22)29-36(32,33)23-19(34-3)7-6-8-20(23)35-4/h1,6-10,12,14H,11,13H2,2-4H3,(H,25,31)(H2,27,28,29). The Balaban J connectivity index is 1.59. The number of aromatic nitrogens is 4. The number of ether oxygens (including phenoxy) is 2. The van der Waals surface area contributed by atoms with Gasteiger partial charge >= 0.3 is 0 Å². The molecule has 0 aliphatic carbocycles. The molecular formula is C24H24N6O5S. The lowest BCUT2D eigenvalue weighted by atomic mass is 10.1. The quantitative estimate of drug-likeness (QED) is 0.294. The van der Waals surface area contributed by atoms with Crippen LogP contribution in [0.3, 0.4) is 0 Å². The lowest BCUT2D eigenvalue weighted by Crippen LogP contribution is -2.20. The van der Waals surface area contributed by atoms with E-state index < -0.39 is 15.9 Å². The first-order valence-corrected chi connectivity index (χ1v) is 12.2. The number of terminal acetylenes is 1. The van der Waals surface area contributed by atoms with Crippen LogP contribution in [0.2, 0.25) is 0 Å². The number of anilines is 1. The first-order chi connectivity index (χ1) is 17.2. The van der Waals surface area contributed by atoms with Crippen LogP contribution in [-0.2, 0) is 27.9 Å². The van der Waals surface area contributed by atoms with Crippen molar-refractivity contribution in [3.05, 3.63) is 59.4 Å². The maximum absolute atomic E-state index is 13.3. The first-order valence-electron chi connectivity index (χ1n) is 10.7. The van der Waals surface area contributed by atoms with Gasteiger partial charge in [-0.15, -0.1) is 6.42 Å². The summed E-state index contributed by atoms with van der Waals surface area (Å²) in [5.41, 5.74) is 3.20. The predicted octanol–water partition coefficient (Wildman–Crippen LogP) is 2.18. The number of hydrogen-bond acceptors (Lipinski definition) is 7. The number of H-pyrrole nitrogens is 1. The minimum Gasteiger partial charge on any atom is -0.495 e. The smallest absolute Gasteiger partial charge is 0.295 e. The van der Waals surface area contributed by atoms with Gasteiger partial charge in [0.2, 0.25) is 0 Å². The van der Waals surface area contributed by atoms with Gasteiger partial charge in [0.25, 0.3) is 15.9 Å². The Hall–Kier alpha value is -4.50. The van der Waals surface area contributed by atoms with E-state index in [0.717, 1.165) is 16.7 Å². The molecular weight excluding hydrogens is 484 g/mol. The number of methoxy groups -OCH3 is 2. The summed E-state index contributed by atoms with van der Waals surface area (Å²) in [4.78, 5) is 11.1. The van der Waals surface area contributed by atoms with Gasteiger partial charge in [-0.05, 0) is 42.2 Å². The summed E-state index contributed by atoms with van der Waals surface area (Å²) in [5, 5.41) is 14.6. The third-order valence-electron chi connectivity index (χ3n) is 5.42. The molecule has 0 radical (unpaired) electrons. The van der Waals surface area contributed by atoms with Crippen molar-refractivity contribution in [3.8, 4) is 23.8 Å². The maximum Gasteiger partial charge on any atom is 0.295 e. The summed E-state index contributed by atoms with van der Waals surface area (Å²) in [6.45, 7) is 2.60. The Morgan fingerprint density at radius 3 is 2.58 bits per heavy atom. The van der Waals surface area contributed by atoms with Crippen molar-refractivity contribution in [1.29, 1.82) is 0 Å². The van der Waals surface area contributed by atoms with Crippen molar-refractivity contribution in [2.75, 3.05) is 18.9 Å². The summed E-state index contributed by atoms with van der Waals surface area (Å²) in [6, 6.07) is 8.53. The highest BCUT2D eigenvalue weighted by Gasteiger charge is 2.26. The van der Waals surface area contributed by atoms with Crippen LogP contribution in [0, 0.1) is 19.3 Å². The molecule has 4 aromatic rings. The zero-order valence-corrected chi connectivity index (χ0v) is 20.6. The molecule has 3 N–H and O–H groups in total. The van der Waals surface area contributed by atoms with Gasteiger partial charge in [0, 0.05) is 23.7 Å². The molecule has 0 saturated heterocycles. The normalized spacial score (nSPS) is 11.2. The van der Waals surface area contributed by atoms with Crippen molar-refractivity contribution in [3.63, 3.8) is 0 Å². The van der Waals surface area contributed by atoms with E-state index in [1.54, 1.807) is 29.1 Å². The molecule has 2 aromatic heterocycles. The van der Waals surface area contributed by atoms with Gasteiger partial charge in [-0.25, -0.2) is 8.42 Å². The molecule has 1 amide bonds. The number of aryl methyl sites for hydroxylation is 1. The van der Waals surface area contributed by atoms with Crippen LogP contribution < -0.4 is 19.5 Å². The second-order valence-electron chi connectivity index (χ2n) is 7.88. The fraction of sp³-hybridized carbons (Fsp3) is 0.208. The molecule has 2 heterocycles. The first kappa shape index (κ1) is 24.6. The summed E-state index contributed by atoms with van der Waals surface area (Å²) < 4.78 is 41.3. The van der Waals surface area contributed by atoms with E-state index in [2.05, 4.69) is 25.3 Å². The highest BCUT2D eigenvalue weighted by Crippen LogP contribution is 2.35. The van der Waals surface area contributed by atoms with Gasteiger partial charge < -0.3 is 14.8 Å². The van der Waals surface area contributed by atoms with Gasteiger partial charge in [-0.2, -0.15) is 10.2 Å². The fourth-order valence-corrected chi connectivity index (χ4v) is 5.20. The van der Waals surface area contributed by atoms with Crippen LogP contribution in [0.1, 0.15) is 16.7 Å². The third kappa shape index (κ3) is 4.96. The number of carbonyl (C=O) groups excluding carboxylic acids is 1. The summed E-state index contributed by atoms with van der Waals surface area (Å²) >= 11 is 0. The minimum absolute atomic E-state index is 0.117. The van der Waals surface area contributed by atoms with Gasteiger partial charge in [0.15, 0.2) is 10.7 Å². The molecule has 11 nitrogen and oxygen atoms in total. The molecule has 36 heavy (non-hydrogen) atoms. The topological polar surface area (TPSA) is 140 Å². The van der Waals surface area contributed by atoms with Gasteiger partial charge in [0.1, 0.15) is 11.5 Å². The van der Waals surface area contributed by atoms with E-state index in [1.165, 1.54) is 14.2 Å². The second-order valence-corrected chi connectivity index (χ2v) is 9.50. The molecule has 2 aromatic carbocycles. The number of rotatable bonds is 9. The Bertz CT molecular complexity index is 1560. The molecule has 0 aliphatic heterocycles. The fourth-order valence-electron chi connectivity index (χ4n) is 3.87. The SMILES string of the molecule is C#CC(=O)NCc1cnn(Cc2cc(C)c3c(NS(=O)(=O)c4c(OC)cccc4OC)n[nH]c3c2)c1. The Kier molecular flexibility index (Phi) is 6.84. The second kappa shape index (κ2) is 10.0. The molecule has 0 saturated carbocycles. The number of benzene rings is 2. The number of fused-ring (bicyclic) bond motifs is 1. The van der Waals surface area contributed by atoms with Crippen molar-refractivity contribution < 1.29 is 22.7 Å². The number of sulfonamides is 1. The predicted molar refractivity (Wildman–Crippen MR) is 133 cm³/mol. The molecule has 186 valence electrons. The zero-order valence-electron chi connectivity index (χ0n) is 19.8. The molecule has 0 atom stereocenters. The van der Waals surface area contributed by atoms with Crippen LogP contribution in [0.5, 0.6) is 11.5 Å². The molecule has 4 rings (SSSR count). The molecule has 0 fully saturated rings. The summed E-state index contributed by atoms with van der Waals surface area (Å²) in [5.74, 6) is 1.97. The van der Waals surface area contributed by atoms with E-state index in [9.17, 15) is 13.2 Å². The van der Waals surface area contributed by atoms with Crippen LogP contribution in [-0.4, -0.2) is 48.5 Å². The van der Waals surface area contributed by atoms with Crippen molar-refractivity contribution >= 4 is 32.7 Å². The Morgan fingerprint density at radius 2 is 1.92 bits per heavy atom. The largest absolute Gasteiger partial charge is 0.495 e. The molecule has 0 unspecified atom stereocenters. The van der Waals surface area contributed by atoms with E-state index in [1.807, 2.05) is 31.2 Å². The van der Waals surface area contributed by atoms with Crippen LogP contribution >= 0.6 is 0 Å². The Morgan fingerprint density at radius 1 is 1.19 bits per heavy atom. The summed E-state index contributed by atoms with van der Waals surface area (Å²) in [7, 11) is -1.31. The third-order valence-corrected chi connectivity index (χ3v) is 6.82. The van der Waals surface area contributed by atoms with Crippen LogP contribution in [0.15, 0.2) is 47.6 Å². The number of hydrogen-bond donors (Lipinski definition) is 3. The molecule has 12 heteroatoms. The van der Waals surface area contributed by atoms with Crippen molar-refractivity contribution in [1.82, 2.24) is 25.3 Å². The zero-order chi connectivity index (χ0) is 25.9. The van der Waals surface area contributed by atoms with Gasteiger partial charge in [-0.1, -0.05) is 12.1 Å². The van der Waals surface area contributed by atoms with Crippen LogP contribution in [0.25, 0.3) is 10.9 Å². The van der Waals surface area contributed by atoms with E-state index in [4.69, 9.17) is 15.9 Å². The van der Waals surface area contributed by atoms with Crippen molar-refractivity contribution in [2.45, 2.75) is 24.9 Å². The number of aromatic amines is 1. The molecule has 0 bridgehead atoms. The molecule has 0 spiro atoms. The number of amides is 1. The summed E-state index contributed by atoms with van der Waals surface area (Å²) in [6.07, 6.45) is 8.51. The average Bonchev–Trinajstić information content (AvgIpc) is 3.48. The monoisotopic (exact) mass is 508 g/mol. The Labute approximate surface area is 207 Å². The highest BCUT2D eigenvalue weighted by atomic mass is 32.2. The minimum atomic E-state index is -4.09. The van der Waals surface area contributed by atoms with E-state index in [0.29, 0.717) is 17.4 Å². The number of nitrogens with zero attached hydrogens (tertiary/aromatic N) is 3. The average molecular weight is 509 g/mol. The maximum atomic E-state index is 13.3. The molecule has 0 aliphatic rings. The number of carbonyl (C=O) groups is 1. The highest BCUT2D eigenvalue weighted by molar-refractivity contribution is 7.93. The van der Waals surface area contributed by atoms with Crippen molar-refractivity contribution in [2.24, 2.45) is 0 Å². The van der Waals surface area contributed by atoms with Gasteiger partial charge in [0.05, 0.1) is 32.5 Å². The van der Waals surface area contributed by atoms with E-state index >= 15 is 0 Å². The van der Waals surface area contributed by atoms with Crippen LogP contribution in [0.4, 0.5) is 5.82 Å².